The monoisotopic (exact) mass is 307 g/mol. The highest BCUT2D eigenvalue weighted by atomic mass is 35.5. The number of aryl methyl sites for hydroxylation is 2. The van der Waals surface area contributed by atoms with Gasteiger partial charge in [-0.25, -0.2) is 4.39 Å². The number of nitrogens with zero attached hydrogens (tertiary/aromatic N) is 3. The predicted octanol–water partition coefficient (Wildman–Crippen LogP) is 3.24. The molecule has 4 nitrogen and oxygen atoms in total. The molecule has 0 atom stereocenters. The minimum Gasteiger partial charge on any atom is -0.302 e. The van der Waals surface area contributed by atoms with Gasteiger partial charge in [-0.2, -0.15) is 5.10 Å². The maximum atomic E-state index is 13.5. The van der Waals surface area contributed by atoms with E-state index in [1.165, 1.54) is 29.3 Å². The highest BCUT2D eigenvalue weighted by Gasteiger charge is 2.19. The number of hydrogen-bond acceptors (Lipinski definition) is 2. The molecule has 21 heavy (non-hydrogen) atoms. The second-order valence-corrected chi connectivity index (χ2v) is 5.03. The van der Waals surface area contributed by atoms with Crippen LogP contribution in [0.5, 0.6) is 0 Å². The number of halogens is 2. The Balaban J connectivity index is 2.47. The van der Waals surface area contributed by atoms with Crippen molar-refractivity contribution in [2.45, 2.75) is 13.5 Å². The molecule has 0 saturated heterocycles. The second kappa shape index (κ2) is 6.10. The zero-order valence-electron chi connectivity index (χ0n) is 11.8. The average Bonchev–Trinajstić information content (AvgIpc) is 2.78. The van der Waals surface area contributed by atoms with Gasteiger partial charge in [0.2, 0.25) is 0 Å². The lowest BCUT2D eigenvalue weighted by molar-refractivity contribution is -0.114. The molecule has 1 heterocycles. The Hall–Kier alpha value is -2.14. The molecule has 0 N–H and O–H groups in total. The third kappa shape index (κ3) is 3.13. The standard InChI is InChI=1S/C15H15ClFN3O/c1-4-15(21)20(9-14-12(16)8-18-19(14)3)13-7-11(17)6-5-10(13)2/h4-8H,1,9H2,2-3H3. The Bertz CT molecular complexity index is 677. The number of amides is 1. The largest absolute Gasteiger partial charge is 0.302 e. The van der Waals surface area contributed by atoms with Crippen LogP contribution in [0.4, 0.5) is 10.1 Å². The molecule has 1 aromatic carbocycles. The summed E-state index contributed by atoms with van der Waals surface area (Å²) in [7, 11) is 1.73. The van der Waals surface area contributed by atoms with Crippen molar-refractivity contribution in [1.29, 1.82) is 0 Å². The number of aromatic nitrogens is 2. The number of rotatable bonds is 4. The van der Waals surface area contributed by atoms with E-state index in [-0.39, 0.29) is 12.5 Å². The van der Waals surface area contributed by atoms with Gasteiger partial charge in [0.25, 0.3) is 5.91 Å². The number of carbonyl (C=O) groups excluding carboxylic acids is 1. The van der Waals surface area contributed by atoms with Gasteiger partial charge in [-0.05, 0) is 30.7 Å². The molecule has 1 amide bonds. The quantitative estimate of drug-likeness (QED) is 0.813. The fraction of sp³-hybridized carbons (Fsp3) is 0.200. The van der Waals surface area contributed by atoms with E-state index in [0.29, 0.717) is 16.4 Å². The van der Waals surface area contributed by atoms with Gasteiger partial charge in [0, 0.05) is 7.05 Å². The second-order valence-electron chi connectivity index (χ2n) is 4.62. The van der Waals surface area contributed by atoms with Crippen molar-refractivity contribution in [3.05, 3.63) is 59.1 Å². The summed E-state index contributed by atoms with van der Waals surface area (Å²) in [4.78, 5) is 13.6. The zero-order valence-corrected chi connectivity index (χ0v) is 12.6. The predicted molar refractivity (Wildman–Crippen MR) is 80.7 cm³/mol. The van der Waals surface area contributed by atoms with E-state index < -0.39 is 5.82 Å². The van der Waals surface area contributed by atoms with Crippen LogP contribution in [0.25, 0.3) is 0 Å². The fourth-order valence-electron chi connectivity index (χ4n) is 2.03. The first-order chi connectivity index (χ1) is 9.93. The lowest BCUT2D eigenvalue weighted by Crippen LogP contribution is -2.30. The number of carbonyl (C=O) groups is 1. The third-order valence-electron chi connectivity index (χ3n) is 3.22. The Morgan fingerprint density at radius 3 is 2.86 bits per heavy atom. The molecule has 0 aliphatic heterocycles. The normalized spacial score (nSPS) is 10.5. The van der Waals surface area contributed by atoms with Gasteiger partial charge >= 0.3 is 0 Å². The van der Waals surface area contributed by atoms with Gasteiger partial charge in [0.05, 0.1) is 29.1 Å². The van der Waals surface area contributed by atoms with E-state index in [2.05, 4.69) is 11.7 Å². The van der Waals surface area contributed by atoms with Gasteiger partial charge in [0.15, 0.2) is 0 Å². The van der Waals surface area contributed by atoms with Crippen LogP contribution in [0.2, 0.25) is 5.02 Å². The molecule has 0 fully saturated rings. The van der Waals surface area contributed by atoms with Crippen molar-refractivity contribution < 1.29 is 9.18 Å². The highest BCUT2D eigenvalue weighted by Crippen LogP contribution is 2.25. The third-order valence-corrected chi connectivity index (χ3v) is 3.54. The fourth-order valence-corrected chi connectivity index (χ4v) is 2.25. The molecule has 2 aromatic rings. The zero-order chi connectivity index (χ0) is 15.6. The van der Waals surface area contributed by atoms with Crippen molar-refractivity contribution >= 4 is 23.2 Å². The van der Waals surface area contributed by atoms with Gasteiger partial charge in [-0.1, -0.05) is 24.2 Å². The van der Waals surface area contributed by atoms with Crippen molar-refractivity contribution in [2.75, 3.05) is 4.90 Å². The van der Waals surface area contributed by atoms with E-state index in [1.807, 2.05) is 6.92 Å². The molecule has 6 heteroatoms. The van der Waals surface area contributed by atoms with Crippen molar-refractivity contribution in [3.8, 4) is 0 Å². The lowest BCUT2D eigenvalue weighted by atomic mass is 10.1. The van der Waals surface area contributed by atoms with Crippen LogP contribution in [-0.2, 0) is 18.4 Å². The molecule has 0 aliphatic carbocycles. The summed E-state index contributed by atoms with van der Waals surface area (Å²) < 4.78 is 15.1. The van der Waals surface area contributed by atoms with Crippen LogP contribution in [-0.4, -0.2) is 15.7 Å². The lowest BCUT2D eigenvalue weighted by Gasteiger charge is -2.23. The summed E-state index contributed by atoms with van der Waals surface area (Å²) in [6.07, 6.45) is 2.69. The summed E-state index contributed by atoms with van der Waals surface area (Å²) in [5.74, 6) is -0.741. The van der Waals surface area contributed by atoms with E-state index in [9.17, 15) is 9.18 Å². The molecule has 2 rings (SSSR count). The van der Waals surface area contributed by atoms with Gasteiger partial charge < -0.3 is 4.90 Å². The summed E-state index contributed by atoms with van der Waals surface area (Å²) in [6, 6.07) is 4.30. The van der Waals surface area contributed by atoms with E-state index in [4.69, 9.17) is 11.6 Å². The highest BCUT2D eigenvalue weighted by molar-refractivity contribution is 6.31. The molecule has 0 spiro atoms. The van der Waals surface area contributed by atoms with Crippen LogP contribution in [0.15, 0.2) is 37.1 Å². The van der Waals surface area contributed by atoms with Crippen molar-refractivity contribution in [1.82, 2.24) is 9.78 Å². The Labute approximate surface area is 127 Å². The summed E-state index contributed by atoms with van der Waals surface area (Å²) in [5, 5.41) is 4.49. The molecular formula is C15H15ClFN3O. The minimum absolute atomic E-state index is 0.185. The first kappa shape index (κ1) is 15.3. The first-order valence-electron chi connectivity index (χ1n) is 6.30. The number of benzene rings is 1. The summed E-state index contributed by atoms with van der Waals surface area (Å²) in [5.41, 5.74) is 1.93. The van der Waals surface area contributed by atoms with Crippen molar-refractivity contribution in [2.24, 2.45) is 7.05 Å². The van der Waals surface area contributed by atoms with Crippen molar-refractivity contribution in [3.63, 3.8) is 0 Å². The minimum atomic E-state index is -0.409. The van der Waals surface area contributed by atoms with Crippen LogP contribution in [0.1, 0.15) is 11.3 Å². The van der Waals surface area contributed by atoms with Crippen LogP contribution >= 0.6 is 11.6 Å². The molecule has 110 valence electrons. The average molecular weight is 308 g/mol. The maximum absolute atomic E-state index is 13.5. The molecule has 0 aliphatic rings. The molecule has 0 saturated carbocycles. The summed E-state index contributed by atoms with van der Waals surface area (Å²) in [6.45, 7) is 5.49. The molecule has 0 unspecified atom stereocenters. The molecular weight excluding hydrogens is 293 g/mol. The SMILES string of the molecule is C=CC(=O)N(Cc1c(Cl)cnn1C)c1cc(F)ccc1C. The molecule has 0 radical (unpaired) electrons. The van der Waals surface area contributed by atoms with E-state index in [0.717, 1.165) is 5.56 Å². The molecule has 0 bridgehead atoms. The first-order valence-corrected chi connectivity index (χ1v) is 6.68. The van der Waals surface area contributed by atoms with Gasteiger partial charge in [-0.3, -0.25) is 9.48 Å². The maximum Gasteiger partial charge on any atom is 0.250 e. The van der Waals surface area contributed by atoms with E-state index in [1.54, 1.807) is 17.8 Å². The number of anilines is 1. The smallest absolute Gasteiger partial charge is 0.250 e. The van der Waals surface area contributed by atoms with Crippen LogP contribution < -0.4 is 4.90 Å². The summed E-state index contributed by atoms with van der Waals surface area (Å²) >= 11 is 6.07. The van der Waals surface area contributed by atoms with E-state index >= 15 is 0 Å². The molecule has 1 aromatic heterocycles. The Kier molecular flexibility index (Phi) is 4.43. The van der Waals surface area contributed by atoms with Gasteiger partial charge in [0.1, 0.15) is 5.82 Å². The van der Waals surface area contributed by atoms with Crippen LogP contribution in [0, 0.1) is 12.7 Å². The van der Waals surface area contributed by atoms with Crippen LogP contribution in [0.3, 0.4) is 0 Å². The Morgan fingerprint density at radius 1 is 1.57 bits per heavy atom. The number of hydrogen-bond donors (Lipinski definition) is 0. The van der Waals surface area contributed by atoms with Gasteiger partial charge in [-0.15, -0.1) is 0 Å². The topological polar surface area (TPSA) is 38.1 Å². The Morgan fingerprint density at radius 2 is 2.29 bits per heavy atom.